The molecule has 0 spiro atoms. The molecule has 20 heavy (non-hydrogen) atoms. The van der Waals surface area contributed by atoms with Crippen LogP contribution < -0.4 is 5.73 Å². The molecular weight excluding hydrogens is 256 g/mol. The predicted molar refractivity (Wildman–Crippen MR) is 78.6 cm³/mol. The Bertz CT molecular complexity index is 480. The van der Waals surface area contributed by atoms with E-state index in [1.165, 1.54) is 0 Å². The summed E-state index contributed by atoms with van der Waals surface area (Å²) in [5.41, 5.74) is 6.82. The Morgan fingerprint density at radius 3 is 2.80 bits per heavy atom. The average Bonchev–Trinajstić information content (AvgIpc) is 2.46. The van der Waals surface area contributed by atoms with Gasteiger partial charge in [0, 0.05) is 49.9 Å². The highest BCUT2D eigenvalue weighted by Gasteiger charge is 2.31. The molecule has 0 radical (unpaired) electrons. The van der Waals surface area contributed by atoms with Crippen LogP contribution in [0.4, 0.5) is 5.69 Å². The molecule has 0 amide bonds. The fraction of sp³-hybridized carbons (Fsp3) is 0.571. The third-order valence-electron chi connectivity index (χ3n) is 4.08. The van der Waals surface area contributed by atoms with Gasteiger partial charge in [-0.25, -0.2) is 0 Å². The van der Waals surface area contributed by atoms with Crippen LogP contribution in [0.15, 0.2) is 24.3 Å². The number of benzene rings is 1. The highest BCUT2D eigenvalue weighted by Crippen LogP contribution is 2.30. The molecule has 2 N–H and O–H groups in total. The first-order valence-corrected chi connectivity index (χ1v) is 6.92. The molecule has 0 bridgehead atoms. The van der Waals surface area contributed by atoms with Gasteiger partial charge in [-0.05, 0) is 14.0 Å². The molecule has 1 aromatic rings. The van der Waals surface area contributed by atoms with E-state index in [1.807, 2.05) is 19.1 Å². The smallest absolute Gasteiger partial charge is 0.274 e. The zero-order chi connectivity index (χ0) is 14.7. The molecule has 0 aromatic heterocycles. The van der Waals surface area contributed by atoms with Gasteiger partial charge in [-0.1, -0.05) is 18.2 Å². The Labute approximate surface area is 119 Å². The van der Waals surface area contributed by atoms with Gasteiger partial charge in [-0.2, -0.15) is 0 Å². The van der Waals surface area contributed by atoms with E-state index < -0.39 is 0 Å². The van der Waals surface area contributed by atoms with E-state index in [2.05, 4.69) is 16.8 Å². The van der Waals surface area contributed by atoms with Gasteiger partial charge in [0.2, 0.25) is 0 Å². The lowest BCUT2D eigenvalue weighted by atomic mass is 10.0. The molecule has 6 heteroatoms. The van der Waals surface area contributed by atoms with Crippen LogP contribution >= 0.6 is 0 Å². The maximum atomic E-state index is 11.2. The number of nitrogens with zero attached hydrogens (tertiary/aromatic N) is 3. The second-order valence-electron chi connectivity index (χ2n) is 5.38. The normalized spacial score (nSPS) is 22.6. The third-order valence-corrected chi connectivity index (χ3v) is 4.08. The van der Waals surface area contributed by atoms with Crippen molar-refractivity contribution in [2.24, 2.45) is 5.73 Å². The van der Waals surface area contributed by atoms with Crippen molar-refractivity contribution in [2.75, 3.05) is 33.2 Å². The Balaban J connectivity index is 2.26. The molecule has 1 fully saturated rings. The minimum absolute atomic E-state index is 0.00106. The minimum Gasteiger partial charge on any atom is -0.329 e. The van der Waals surface area contributed by atoms with Crippen molar-refractivity contribution in [1.29, 1.82) is 0 Å². The van der Waals surface area contributed by atoms with Crippen LogP contribution in [0.5, 0.6) is 0 Å². The van der Waals surface area contributed by atoms with Gasteiger partial charge < -0.3 is 10.6 Å². The number of nitro benzene ring substituents is 1. The highest BCUT2D eigenvalue weighted by atomic mass is 16.6. The van der Waals surface area contributed by atoms with Crippen molar-refractivity contribution in [2.45, 2.75) is 19.0 Å². The predicted octanol–water partition coefficient (Wildman–Crippen LogP) is 1.23. The molecule has 1 aromatic carbocycles. The van der Waals surface area contributed by atoms with Crippen molar-refractivity contribution in [3.8, 4) is 0 Å². The van der Waals surface area contributed by atoms with E-state index in [1.54, 1.807) is 12.1 Å². The number of para-hydroxylation sites is 1. The molecule has 6 nitrogen and oxygen atoms in total. The largest absolute Gasteiger partial charge is 0.329 e. The van der Waals surface area contributed by atoms with Crippen LogP contribution in [0.1, 0.15) is 18.5 Å². The van der Waals surface area contributed by atoms with Crippen LogP contribution in [0.25, 0.3) is 0 Å². The highest BCUT2D eigenvalue weighted by molar-refractivity contribution is 5.41. The van der Waals surface area contributed by atoms with Crippen molar-refractivity contribution in [3.05, 3.63) is 39.9 Å². The van der Waals surface area contributed by atoms with Crippen molar-refractivity contribution in [3.63, 3.8) is 0 Å². The lowest BCUT2D eigenvalue weighted by Gasteiger charge is -2.42. The molecule has 0 aliphatic carbocycles. The standard InChI is InChI=1S/C14H22N4O2/c1-11(13-5-3-4-6-14(13)18(19)20)17-8-7-16(2)10-12(17)9-15/h3-6,11-12H,7-10,15H2,1-2H3. The molecule has 2 atom stereocenters. The SMILES string of the molecule is CC(c1ccccc1[N+](=O)[O-])N1CCN(C)CC1CN. The van der Waals surface area contributed by atoms with E-state index in [9.17, 15) is 10.1 Å². The molecule has 2 unspecified atom stereocenters. The van der Waals surface area contributed by atoms with Crippen LogP contribution in [0.3, 0.4) is 0 Å². The van der Waals surface area contributed by atoms with E-state index >= 15 is 0 Å². The van der Waals surface area contributed by atoms with Crippen molar-refractivity contribution in [1.82, 2.24) is 9.80 Å². The number of rotatable bonds is 4. The van der Waals surface area contributed by atoms with Gasteiger partial charge in [0.1, 0.15) is 0 Å². The summed E-state index contributed by atoms with van der Waals surface area (Å²) in [6.07, 6.45) is 0. The van der Waals surface area contributed by atoms with E-state index in [4.69, 9.17) is 5.73 Å². The second-order valence-corrected chi connectivity index (χ2v) is 5.38. The zero-order valence-corrected chi connectivity index (χ0v) is 12.0. The van der Waals surface area contributed by atoms with Crippen LogP contribution in [-0.4, -0.2) is 54.0 Å². The third kappa shape index (κ3) is 2.98. The van der Waals surface area contributed by atoms with Gasteiger partial charge in [0.05, 0.1) is 4.92 Å². The van der Waals surface area contributed by atoms with E-state index in [0.29, 0.717) is 6.54 Å². The Kier molecular flexibility index (Phi) is 4.69. The summed E-state index contributed by atoms with van der Waals surface area (Å²) in [6.45, 7) is 5.33. The van der Waals surface area contributed by atoms with E-state index in [-0.39, 0.29) is 22.7 Å². The number of piperazine rings is 1. The van der Waals surface area contributed by atoms with Gasteiger partial charge in [0.15, 0.2) is 0 Å². The van der Waals surface area contributed by atoms with Crippen LogP contribution in [0, 0.1) is 10.1 Å². The van der Waals surface area contributed by atoms with Crippen LogP contribution in [0.2, 0.25) is 0 Å². The van der Waals surface area contributed by atoms with Gasteiger partial charge in [0.25, 0.3) is 5.69 Å². The summed E-state index contributed by atoms with van der Waals surface area (Å²) < 4.78 is 0. The fourth-order valence-electron chi connectivity index (χ4n) is 2.93. The molecule has 110 valence electrons. The maximum Gasteiger partial charge on any atom is 0.274 e. The van der Waals surface area contributed by atoms with Gasteiger partial charge in [-0.3, -0.25) is 15.0 Å². The summed E-state index contributed by atoms with van der Waals surface area (Å²) in [5, 5.41) is 11.2. The summed E-state index contributed by atoms with van der Waals surface area (Å²) in [7, 11) is 2.08. The van der Waals surface area contributed by atoms with Gasteiger partial charge >= 0.3 is 0 Å². The summed E-state index contributed by atoms with van der Waals surface area (Å²) in [5.74, 6) is 0. The Morgan fingerprint density at radius 1 is 1.45 bits per heavy atom. The molecule has 0 saturated carbocycles. The number of likely N-dealkylation sites (N-methyl/N-ethyl adjacent to an activating group) is 1. The van der Waals surface area contributed by atoms with Crippen LogP contribution in [-0.2, 0) is 0 Å². The molecule has 1 aliphatic rings. The Hall–Kier alpha value is -1.50. The summed E-state index contributed by atoms with van der Waals surface area (Å²) in [4.78, 5) is 15.4. The monoisotopic (exact) mass is 278 g/mol. The topological polar surface area (TPSA) is 75.6 Å². The van der Waals surface area contributed by atoms with E-state index in [0.717, 1.165) is 25.2 Å². The zero-order valence-electron chi connectivity index (χ0n) is 12.0. The molecular formula is C14H22N4O2. The summed E-state index contributed by atoms with van der Waals surface area (Å²) in [6, 6.07) is 7.21. The first-order chi connectivity index (χ1) is 9.54. The van der Waals surface area contributed by atoms with Crippen molar-refractivity contribution < 1.29 is 4.92 Å². The lowest BCUT2D eigenvalue weighted by Crippen LogP contribution is -2.55. The molecule has 2 rings (SSSR count). The quantitative estimate of drug-likeness (QED) is 0.662. The number of nitrogens with two attached hydrogens (primary N) is 1. The average molecular weight is 278 g/mol. The number of hydrogen-bond acceptors (Lipinski definition) is 5. The molecule has 1 aliphatic heterocycles. The number of hydrogen-bond donors (Lipinski definition) is 1. The Morgan fingerprint density at radius 2 is 2.15 bits per heavy atom. The minimum atomic E-state index is -0.306. The van der Waals surface area contributed by atoms with Crippen molar-refractivity contribution >= 4 is 5.69 Å². The first-order valence-electron chi connectivity index (χ1n) is 6.92. The summed E-state index contributed by atoms with van der Waals surface area (Å²) >= 11 is 0. The number of nitro groups is 1. The first kappa shape index (κ1) is 14.9. The lowest BCUT2D eigenvalue weighted by molar-refractivity contribution is -0.386. The second kappa shape index (κ2) is 6.30. The molecule has 1 heterocycles. The molecule has 1 saturated heterocycles. The van der Waals surface area contributed by atoms with Gasteiger partial charge in [-0.15, -0.1) is 0 Å². The maximum absolute atomic E-state index is 11.2. The fourth-order valence-corrected chi connectivity index (χ4v) is 2.93.